The minimum Gasteiger partial charge on any atom is -0.507 e. The van der Waals surface area contributed by atoms with Crippen LogP contribution >= 0.6 is 0 Å². The number of hydrogen-bond donors (Lipinski definition) is 10. The number of aliphatic hydroxyl groups excluding tert-OH is 1. The molecule has 35 heteroatoms. The van der Waals surface area contributed by atoms with E-state index in [4.69, 9.17) is 9.47 Å². The summed E-state index contributed by atoms with van der Waals surface area (Å²) in [6, 6.07) is 14.4. The van der Waals surface area contributed by atoms with Gasteiger partial charge in [0.05, 0.1) is 58.8 Å². The number of azo groups is 2. The van der Waals surface area contributed by atoms with Crippen molar-refractivity contribution in [3.8, 4) is 23.0 Å². The topological polar surface area (TPSA) is 427 Å². The van der Waals surface area contributed by atoms with Crippen LogP contribution in [0, 0.1) is 6.92 Å². The van der Waals surface area contributed by atoms with Gasteiger partial charge in [-0.15, -0.1) is 15.3 Å². The van der Waals surface area contributed by atoms with Gasteiger partial charge in [0.1, 0.15) is 39.2 Å². The summed E-state index contributed by atoms with van der Waals surface area (Å²) in [7, 11) is -17.1. The van der Waals surface area contributed by atoms with E-state index in [1.165, 1.54) is 44.6 Å². The molecule has 1 aromatic heterocycles. The number of aryl methyl sites for hydroxylation is 1. The number of aromatic amines is 2. The summed E-state index contributed by atoms with van der Waals surface area (Å²) in [6.45, 7) is 1.15. The monoisotopic (exact) mass is 1150 g/mol. The zero-order chi connectivity index (χ0) is 51.8. The van der Waals surface area contributed by atoms with Gasteiger partial charge in [0, 0.05) is 141 Å². The molecule has 75 heavy (non-hydrogen) atoms. The number of fused-ring (bicyclic) bond motifs is 2. The predicted octanol–water partition coefficient (Wildman–Crippen LogP) is 3.94. The van der Waals surface area contributed by atoms with E-state index in [-0.39, 0.29) is 210 Å². The zero-order valence-electron chi connectivity index (χ0n) is 40.4. The number of aliphatic hydroxyl groups is 1. The van der Waals surface area contributed by atoms with E-state index >= 15 is 0 Å². The normalized spacial score (nSPS) is 12.5. The number of ether oxygens (including phenoxy) is 2. The van der Waals surface area contributed by atoms with E-state index in [1.807, 2.05) is 0 Å². The molecule has 7 aromatic rings. The number of benzene rings is 6. The number of nitrogens with zero attached hydrogens (tertiary/aromatic N) is 7. The Morgan fingerprint density at radius 1 is 0.613 bits per heavy atom. The fourth-order valence-corrected chi connectivity index (χ4v) is 8.90. The number of hydrogen-bond acceptors (Lipinski definition) is 21. The van der Waals surface area contributed by atoms with Crippen LogP contribution in [0.1, 0.15) is 5.56 Å². The van der Waals surface area contributed by atoms with Crippen LogP contribution in [-0.2, 0) is 40.5 Å². The second-order valence-corrected chi connectivity index (χ2v) is 20.3. The first-order valence-electron chi connectivity index (χ1n) is 19.6. The molecule has 0 aliphatic rings. The maximum absolute atomic E-state index is 12.6. The maximum Gasteiger partial charge on any atom is 0.296 e. The molecule has 1 heterocycles. The molecular formula is C40H36N10Na4O17S4. The smallest absolute Gasteiger partial charge is 0.296 e. The Morgan fingerprint density at radius 2 is 1.21 bits per heavy atom. The minimum atomic E-state index is -5.12. The molecule has 376 valence electrons. The van der Waals surface area contributed by atoms with E-state index in [2.05, 4.69) is 50.7 Å². The second-order valence-electron chi connectivity index (χ2n) is 14.7. The average molecular weight is 1150 g/mol. The molecule has 10 N–H and O–H groups in total. The first-order chi connectivity index (χ1) is 33.3. The van der Waals surface area contributed by atoms with E-state index in [0.717, 1.165) is 42.5 Å². The Labute approximate surface area is 514 Å². The third kappa shape index (κ3) is 15.7. The molecule has 0 aliphatic heterocycles. The standard InChI is InChI=1S/C40H36N10O17S4.4Na/c1-19-10-28(33(67-3)18-27(19)47-49-30-16-24(69(57,58)59)12-21-13-25(70(60,61)62)17-31(52)35(21)30)43-40-45-38(41-8-9-51)44-39(46-40)42-22-4-6-26-20(11-22)14-34(71(63,64)65)36(37(26)53)50-48-29-15-23(68(54,55)56)5-7-32(29)66-2;;;;/h4-7,10-18,51-53H,8-9H2,1-3H3,(H,54,55,56)(H,57,58,59)(H,60,61,62)(H,63,64,65)(H3,41,42,43,44,45,46);;;;. The predicted molar refractivity (Wildman–Crippen MR) is 272 cm³/mol. The molecule has 0 saturated carbocycles. The second kappa shape index (κ2) is 26.3. The number of aromatic nitrogens is 3. The van der Waals surface area contributed by atoms with Gasteiger partial charge in [0.15, 0.2) is 5.75 Å². The Kier molecular flexibility index (Phi) is 23.0. The zero-order valence-corrected chi connectivity index (χ0v) is 51.7. The number of phenolic OH excluding ortho intramolecular Hbond substituents is 2. The number of anilines is 2. The molecule has 0 fully saturated rings. The van der Waals surface area contributed by atoms with Gasteiger partial charge in [0.25, 0.3) is 40.5 Å². The van der Waals surface area contributed by atoms with Crippen molar-refractivity contribution in [2.45, 2.75) is 26.5 Å². The SMILES string of the molecule is COc1ccc(S(=O)(=O)O)cc1N=Nc1c(S(=O)(=O)O)cc2cc(Nc3nc(=NCCO)[nH]c(=Nc4cc(C)c(N=Nc5cc(S(=O)(=O)O)cc6cc(S(=O)(=O)O)cc(O)c56)cc4OC)[nH]3)ccc2c1O.[Na].[Na].[Na].[Na]. The van der Waals surface area contributed by atoms with Crippen LogP contribution in [0.2, 0.25) is 0 Å². The van der Waals surface area contributed by atoms with Gasteiger partial charge in [0.2, 0.25) is 17.2 Å². The molecule has 0 bridgehead atoms. The Bertz CT molecular complexity index is 4030. The molecule has 6 aromatic carbocycles. The Morgan fingerprint density at radius 3 is 1.81 bits per heavy atom. The van der Waals surface area contributed by atoms with E-state index in [1.54, 1.807) is 6.92 Å². The van der Waals surface area contributed by atoms with E-state index in [0.29, 0.717) is 11.6 Å². The van der Waals surface area contributed by atoms with Crippen LogP contribution in [-0.4, -0.2) is 228 Å². The van der Waals surface area contributed by atoms with Crippen molar-refractivity contribution in [3.05, 3.63) is 95.7 Å². The van der Waals surface area contributed by atoms with Crippen LogP contribution in [0.3, 0.4) is 0 Å². The largest absolute Gasteiger partial charge is 0.507 e. The maximum atomic E-state index is 12.6. The molecule has 7 rings (SSSR count). The van der Waals surface area contributed by atoms with Crippen LogP contribution in [0.25, 0.3) is 21.5 Å². The van der Waals surface area contributed by atoms with Crippen molar-refractivity contribution in [3.63, 3.8) is 0 Å². The van der Waals surface area contributed by atoms with Crippen molar-refractivity contribution in [2.24, 2.45) is 30.4 Å². The third-order valence-corrected chi connectivity index (χ3v) is 13.3. The number of rotatable bonds is 15. The summed E-state index contributed by atoms with van der Waals surface area (Å²) < 4.78 is 146. The van der Waals surface area contributed by atoms with Crippen molar-refractivity contribution in [1.82, 2.24) is 15.0 Å². The number of nitrogens with one attached hydrogen (secondary N) is 3. The van der Waals surface area contributed by atoms with Gasteiger partial charge >= 0.3 is 0 Å². The number of methoxy groups -OCH3 is 2. The molecule has 0 amide bonds. The van der Waals surface area contributed by atoms with Crippen LogP contribution in [0.5, 0.6) is 23.0 Å². The summed E-state index contributed by atoms with van der Waals surface area (Å²) in [5, 5.41) is 50.0. The van der Waals surface area contributed by atoms with Crippen molar-refractivity contribution in [2.75, 3.05) is 32.7 Å². The summed E-state index contributed by atoms with van der Waals surface area (Å²) in [4.78, 5) is 15.9. The molecule has 0 saturated heterocycles. The van der Waals surface area contributed by atoms with E-state index < -0.39 is 77.2 Å². The quantitative estimate of drug-likeness (QED) is 0.0395. The van der Waals surface area contributed by atoms with Gasteiger partial charge in [-0.3, -0.25) is 28.2 Å². The first kappa shape index (κ1) is 65.5. The third-order valence-electron chi connectivity index (χ3n) is 9.89. The van der Waals surface area contributed by atoms with Gasteiger partial charge in [-0.25, -0.2) is 9.98 Å². The molecule has 0 spiro atoms. The van der Waals surface area contributed by atoms with Crippen LogP contribution in [0.4, 0.5) is 40.1 Å². The minimum absolute atomic E-state index is 0. The van der Waals surface area contributed by atoms with Crippen LogP contribution < -0.4 is 26.0 Å². The van der Waals surface area contributed by atoms with Crippen LogP contribution in [0.15, 0.2) is 129 Å². The van der Waals surface area contributed by atoms with Gasteiger partial charge in [-0.1, -0.05) is 0 Å². The summed E-state index contributed by atoms with van der Waals surface area (Å²) >= 11 is 0. The van der Waals surface area contributed by atoms with Crippen molar-refractivity contribution >= 4 is 220 Å². The summed E-state index contributed by atoms with van der Waals surface area (Å²) in [5.74, 6) is -1.45. The van der Waals surface area contributed by atoms with Gasteiger partial charge in [-0.2, -0.15) is 43.8 Å². The molecule has 0 unspecified atom stereocenters. The fraction of sp³-hybridized carbons (Fsp3) is 0.125. The Balaban J connectivity index is 0.00000371. The van der Waals surface area contributed by atoms with Gasteiger partial charge in [-0.05, 0) is 90.0 Å². The average Bonchev–Trinajstić information content (AvgIpc) is 3.28. The molecule has 0 aliphatic carbocycles. The first-order valence-corrected chi connectivity index (χ1v) is 25.4. The van der Waals surface area contributed by atoms with Crippen molar-refractivity contribution in [1.29, 1.82) is 0 Å². The Hall–Kier alpha value is -3.75. The number of aromatic hydroxyl groups is 2. The molecule has 27 nitrogen and oxygen atoms in total. The molecule has 0 atom stereocenters. The molecular weight excluding hydrogens is 1110 g/mol. The summed E-state index contributed by atoms with van der Waals surface area (Å²) in [6.07, 6.45) is 0. The number of phenols is 2. The van der Waals surface area contributed by atoms with Gasteiger partial charge < -0.3 is 30.1 Å². The molecule has 4 radical (unpaired) electrons. The van der Waals surface area contributed by atoms with Crippen molar-refractivity contribution < 1.29 is 76.7 Å². The van der Waals surface area contributed by atoms with E-state index in [9.17, 15) is 67.2 Å². The fourth-order valence-electron chi connectivity index (χ4n) is 6.67. The summed E-state index contributed by atoms with van der Waals surface area (Å²) in [5.41, 5.74) is -0.473. The number of H-pyrrole nitrogens is 2.